The zero-order valence-corrected chi connectivity index (χ0v) is 9.60. The number of carbonyl (C=O) groups is 2. The summed E-state index contributed by atoms with van der Waals surface area (Å²) >= 11 is 0. The molecule has 1 aromatic carbocycles. The molecule has 1 aromatic rings. The first-order valence-electron chi connectivity index (χ1n) is 5.14. The Morgan fingerprint density at radius 3 is 2.17 bits per heavy atom. The van der Waals surface area contributed by atoms with Gasteiger partial charge in [-0.25, -0.2) is 4.39 Å². The van der Waals surface area contributed by atoms with Crippen molar-refractivity contribution in [3.8, 4) is 5.75 Å². The van der Waals surface area contributed by atoms with Gasteiger partial charge in [-0.05, 0) is 17.7 Å². The van der Waals surface area contributed by atoms with Gasteiger partial charge < -0.3 is 16.6 Å². The Morgan fingerprint density at radius 2 is 1.72 bits per heavy atom. The molecule has 0 saturated heterocycles. The maximum atomic E-state index is 13.0. The molecular weight excluding hydrogens is 241 g/mol. The van der Waals surface area contributed by atoms with Crippen molar-refractivity contribution in [3.05, 3.63) is 29.6 Å². The molecule has 0 unspecified atom stereocenters. The molecule has 0 fully saturated rings. The number of phenols is 1. The molecule has 0 radical (unpaired) electrons. The highest BCUT2D eigenvalue weighted by Crippen LogP contribution is 2.16. The second-order valence-corrected chi connectivity index (χ2v) is 3.90. The van der Waals surface area contributed by atoms with Crippen molar-refractivity contribution in [1.82, 2.24) is 4.90 Å². The number of nitrogens with two attached hydrogens (primary N) is 2. The van der Waals surface area contributed by atoms with Crippen LogP contribution in [0.3, 0.4) is 0 Å². The topological polar surface area (TPSA) is 110 Å². The second kappa shape index (κ2) is 5.97. The highest BCUT2D eigenvalue weighted by Gasteiger charge is 2.12. The first kappa shape index (κ1) is 13.9. The molecule has 6 nitrogen and oxygen atoms in total. The van der Waals surface area contributed by atoms with E-state index in [1.807, 2.05) is 0 Å². The maximum Gasteiger partial charge on any atom is 0.231 e. The lowest BCUT2D eigenvalue weighted by Gasteiger charge is -2.19. The molecule has 0 spiro atoms. The van der Waals surface area contributed by atoms with Crippen LogP contribution in [0.2, 0.25) is 0 Å². The minimum atomic E-state index is -0.628. The van der Waals surface area contributed by atoms with Gasteiger partial charge >= 0.3 is 0 Å². The molecule has 18 heavy (non-hydrogen) atoms. The third kappa shape index (κ3) is 4.79. The van der Waals surface area contributed by atoms with Crippen molar-refractivity contribution < 1.29 is 19.1 Å². The van der Waals surface area contributed by atoms with Crippen LogP contribution in [0, 0.1) is 5.82 Å². The molecule has 0 saturated carbocycles. The van der Waals surface area contributed by atoms with Gasteiger partial charge in [0.25, 0.3) is 0 Å². The first-order chi connectivity index (χ1) is 8.36. The number of hydrogen-bond acceptors (Lipinski definition) is 4. The normalized spacial score (nSPS) is 10.6. The maximum absolute atomic E-state index is 13.0. The zero-order chi connectivity index (χ0) is 13.7. The summed E-state index contributed by atoms with van der Waals surface area (Å²) in [6, 6.07) is 3.47. The molecule has 0 aromatic heterocycles. The van der Waals surface area contributed by atoms with Crippen LogP contribution in [0.1, 0.15) is 5.56 Å². The zero-order valence-electron chi connectivity index (χ0n) is 9.60. The van der Waals surface area contributed by atoms with Gasteiger partial charge in [0, 0.05) is 12.6 Å². The number of halogens is 1. The van der Waals surface area contributed by atoms with Gasteiger partial charge in [0.15, 0.2) is 0 Å². The Morgan fingerprint density at radius 1 is 1.17 bits per heavy atom. The van der Waals surface area contributed by atoms with Crippen molar-refractivity contribution in [2.45, 2.75) is 6.54 Å². The van der Waals surface area contributed by atoms with Crippen molar-refractivity contribution in [2.75, 3.05) is 13.1 Å². The average Bonchev–Trinajstić information content (AvgIpc) is 2.12. The molecule has 0 aliphatic heterocycles. The smallest absolute Gasteiger partial charge is 0.231 e. The first-order valence-corrected chi connectivity index (χ1v) is 5.14. The molecule has 98 valence electrons. The van der Waals surface area contributed by atoms with Crippen LogP contribution < -0.4 is 11.5 Å². The molecule has 7 heteroatoms. The average molecular weight is 255 g/mol. The summed E-state index contributed by atoms with van der Waals surface area (Å²) in [5.41, 5.74) is 10.5. The van der Waals surface area contributed by atoms with E-state index in [-0.39, 0.29) is 25.4 Å². The standard InChI is InChI=1S/C11H14FN3O3/c12-8-1-7(2-9(16)3-8)4-15(5-10(13)17)6-11(14)18/h1-3,16H,4-6H2,(H2,13,17)(H2,14,18). The third-order valence-corrected chi connectivity index (χ3v) is 2.11. The minimum Gasteiger partial charge on any atom is -0.508 e. The number of aromatic hydroxyl groups is 1. The van der Waals surface area contributed by atoms with Crippen molar-refractivity contribution >= 4 is 11.8 Å². The predicted octanol–water partition coefficient (Wildman–Crippen LogP) is -0.696. The molecule has 0 bridgehead atoms. The van der Waals surface area contributed by atoms with E-state index in [0.717, 1.165) is 6.07 Å². The molecule has 0 aliphatic carbocycles. The number of nitrogens with zero attached hydrogens (tertiary/aromatic N) is 1. The van der Waals surface area contributed by atoms with E-state index in [1.54, 1.807) is 0 Å². The van der Waals surface area contributed by atoms with Crippen molar-refractivity contribution in [1.29, 1.82) is 0 Å². The minimum absolute atomic E-state index is 0.0806. The SMILES string of the molecule is NC(=O)CN(CC(N)=O)Cc1cc(O)cc(F)c1. The Hall–Kier alpha value is -2.15. The summed E-state index contributed by atoms with van der Waals surface area (Å²) in [6.07, 6.45) is 0. The van der Waals surface area contributed by atoms with Crippen LogP contribution in [0.4, 0.5) is 4.39 Å². The molecular formula is C11H14FN3O3. The van der Waals surface area contributed by atoms with E-state index in [1.165, 1.54) is 17.0 Å². The van der Waals surface area contributed by atoms with E-state index in [2.05, 4.69) is 0 Å². The Labute approximate surface area is 103 Å². The van der Waals surface area contributed by atoms with E-state index in [4.69, 9.17) is 11.5 Å². The number of amides is 2. The molecule has 2 amide bonds. The van der Waals surface area contributed by atoms with E-state index < -0.39 is 17.6 Å². The van der Waals surface area contributed by atoms with Gasteiger partial charge in [-0.3, -0.25) is 14.5 Å². The summed E-state index contributed by atoms with van der Waals surface area (Å²) in [4.78, 5) is 23.0. The number of primary amides is 2. The number of benzene rings is 1. The van der Waals surface area contributed by atoms with Crippen LogP contribution in [0.5, 0.6) is 5.75 Å². The van der Waals surface area contributed by atoms with Gasteiger partial charge in [0.1, 0.15) is 11.6 Å². The fourth-order valence-electron chi connectivity index (χ4n) is 1.59. The van der Waals surface area contributed by atoms with Gasteiger partial charge in [-0.2, -0.15) is 0 Å². The van der Waals surface area contributed by atoms with Crippen molar-refractivity contribution in [3.63, 3.8) is 0 Å². The van der Waals surface area contributed by atoms with Gasteiger partial charge in [0.2, 0.25) is 11.8 Å². The lowest BCUT2D eigenvalue weighted by Crippen LogP contribution is -2.39. The van der Waals surface area contributed by atoms with Crippen LogP contribution in [-0.4, -0.2) is 34.9 Å². The highest BCUT2D eigenvalue weighted by molar-refractivity contribution is 5.79. The number of hydrogen-bond donors (Lipinski definition) is 3. The van der Waals surface area contributed by atoms with Crippen LogP contribution >= 0.6 is 0 Å². The summed E-state index contributed by atoms with van der Waals surface area (Å²) in [5.74, 6) is -2.10. The van der Waals surface area contributed by atoms with Crippen LogP contribution in [0.15, 0.2) is 18.2 Å². The summed E-state index contributed by atoms with van der Waals surface area (Å²) < 4.78 is 13.0. The summed E-state index contributed by atoms with van der Waals surface area (Å²) in [7, 11) is 0. The summed E-state index contributed by atoms with van der Waals surface area (Å²) in [6.45, 7) is -0.280. The second-order valence-electron chi connectivity index (χ2n) is 3.90. The van der Waals surface area contributed by atoms with Crippen molar-refractivity contribution in [2.24, 2.45) is 11.5 Å². The third-order valence-electron chi connectivity index (χ3n) is 2.11. The number of rotatable bonds is 6. The highest BCUT2D eigenvalue weighted by atomic mass is 19.1. The van der Waals surface area contributed by atoms with Gasteiger partial charge in [0.05, 0.1) is 13.1 Å². The van der Waals surface area contributed by atoms with E-state index in [0.29, 0.717) is 5.56 Å². The molecule has 1 rings (SSSR count). The fourth-order valence-corrected chi connectivity index (χ4v) is 1.59. The monoisotopic (exact) mass is 255 g/mol. The van der Waals surface area contributed by atoms with Crippen LogP contribution in [0.25, 0.3) is 0 Å². The number of carbonyl (C=O) groups excluding carboxylic acids is 2. The Balaban J connectivity index is 2.80. The quantitative estimate of drug-likeness (QED) is 0.624. The van der Waals surface area contributed by atoms with E-state index in [9.17, 15) is 19.1 Å². The predicted molar refractivity (Wildman–Crippen MR) is 61.7 cm³/mol. The Kier molecular flexibility index (Phi) is 4.61. The number of phenolic OH excluding ortho intramolecular Hbond substituents is 1. The molecule has 0 aliphatic rings. The lowest BCUT2D eigenvalue weighted by atomic mass is 10.2. The lowest BCUT2D eigenvalue weighted by molar-refractivity contribution is -0.122. The molecule has 0 atom stereocenters. The van der Waals surface area contributed by atoms with Crippen LogP contribution in [-0.2, 0) is 16.1 Å². The molecule has 0 heterocycles. The Bertz CT molecular complexity index is 429. The largest absolute Gasteiger partial charge is 0.508 e. The summed E-state index contributed by atoms with van der Waals surface area (Å²) in [5, 5.41) is 9.23. The van der Waals surface area contributed by atoms with Gasteiger partial charge in [-0.1, -0.05) is 0 Å². The van der Waals surface area contributed by atoms with E-state index >= 15 is 0 Å². The fraction of sp³-hybridized carbons (Fsp3) is 0.273. The molecule has 5 N–H and O–H groups in total. The van der Waals surface area contributed by atoms with Gasteiger partial charge in [-0.15, -0.1) is 0 Å².